The van der Waals surface area contributed by atoms with Crippen molar-refractivity contribution in [2.75, 3.05) is 39.9 Å². The molecule has 0 bridgehead atoms. The van der Waals surface area contributed by atoms with Gasteiger partial charge in [0.1, 0.15) is 6.10 Å². The van der Waals surface area contributed by atoms with Gasteiger partial charge in [-0.05, 0) is 49.9 Å². The summed E-state index contributed by atoms with van der Waals surface area (Å²) in [5, 5.41) is 3.69. The number of halogens is 1. The molecule has 4 rings (SSSR count). The van der Waals surface area contributed by atoms with Crippen LogP contribution in [0.15, 0.2) is 4.99 Å². The van der Waals surface area contributed by atoms with Crippen LogP contribution in [-0.2, 0) is 9.47 Å². The fourth-order valence-corrected chi connectivity index (χ4v) is 4.63. The third kappa shape index (κ3) is 3.85. The highest BCUT2D eigenvalue weighted by Crippen LogP contribution is 2.56. The fraction of sp³-hybridized carbons (Fsp3) is 0.944. The third-order valence-electron chi connectivity index (χ3n) is 6.38. The lowest BCUT2D eigenvalue weighted by atomic mass is 9.65. The third-order valence-corrected chi connectivity index (χ3v) is 6.38. The summed E-state index contributed by atoms with van der Waals surface area (Å²) in [6, 6.07) is 0. The molecular formula is C18H32IN3O2. The highest BCUT2D eigenvalue weighted by Gasteiger charge is 2.49. The largest absolute Gasteiger partial charge is 0.375 e. The second-order valence-electron chi connectivity index (χ2n) is 7.80. The average molecular weight is 449 g/mol. The van der Waals surface area contributed by atoms with Crippen LogP contribution in [-0.4, -0.2) is 63.0 Å². The molecule has 0 amide bonds. The van der Waals surface area contributed by atoms with E-state index >= 15 is 0 Å². The van der Waals surface area contributed by atoms with Gasteiger partial charge in [-0.15, -0.1) is 24.0 Å². The molecule has 2 saturated carbocycles. The highest BCUT2D eigenvalue weighted by atomic mass is 127. The first-order chi connectivity index (χ1) is 11.3. The van der Waals surface area contributed by atoms with Crippen molar-refractivity contribution in [3.05, 3.63) is 0 Å². The molecule has 2 heterocycles. The van der Waals surface area contributed by atoms with Crippen molar-refractivity contribution >= 4 is 29.9 Å². The summed E-state index contributed by atoms with van der Waals surface area (Å²) in [7, 11) is 1.91. The Kier molecular flexibility index (Phi) is 6.30. The minimum Gasteiger partial charge on any atom is -0.375 e. The topological polar surface area (TPSA) is 46.1 Å². The smallest absolute Gasteiger partial charge is 0.193 e. The van der Waals surface area contributed by atoms with Gasteiger partial charge in [0.05, 0.1) is 12.7 Å². The number of hydrogen-bond acceptors (Lipinski definition) is 3. The van der Waals surface area contributed by atoms with Gasteiger partial charge in [0.25, 0.3) is 0 Å². The zero-order chi connectivity index (χ0) is 15.7. The molecule has 4 aliphatic rings. The Hall–Kier alpha value is -0.0800. The summed E-state index contributed by atoms with van der Waals surface area (Å²) in [5.41, 5.74) is 0.580. The van der Waals surface area contributed by atoms with E-state index < -0.39 is 0 Å². The molecular weight excluding hydrogens is 417 g/mol. The number of guanidine groups is 1. The lowest BCUT2D eigenvalue weighted by Crippen LogP contribution is -2.55. The minimum atomic E-state index is 0. The summed E-state index contributed by atoms with van der Waals surface area (Å²) in [4.78, 5) is 6.92. The molecule has 0 spiro atoms. The molecule has 2 atom stereocenters. The van der Waals surface area contributed by atoms with E-state index in [0.29, 0.717) is 5.41 Å². The summed E-state index contributed by atoms with van der Waals surface area (Å²) in [6.45, 7) is 4.60. The molecule has 6 heteroatoms. The van der Waals surface area contributed by atoms with Crippen molar-refractivity contribution in [1.29, 1.82) is 0 Å². The normalized spacial score (nSPS) is 32.9. The van der Waals surface area contributed by atoms with E-state index in [9.17, 15) is 0 Å². The molecule has 0 aromatic rings. The van der Waals surface area contributed by atoms with Gasteiger partial charge in [-0.25, -0.2) is 0 Å². The van der Waals surface area contributed by atoms with Gasteiger partial charge >= 0.3 is 0 Å². The molecule has 1 N–H and O–H groups in total. The van der Waals surface area contributed by atoms with Crippen LogP contribution in [0.5, 0.6) is 0 Å². The molecule has 2 unspecified atom stereocenters. The van der Waals surface area contributed by atoms with Gasteiger partial charge in [-0.3, -0.25) is 4.99 Å². The monoisotopic (exact) mass is 449 g/mol. The summed E-state index contributed by atoms with van der Waals surface area (Å²) in [5.74, 6) is 2.04. The Bertz CT molecular complexity index is 446. The van der Waals surface area contributed by atoms with Crippen LogP contribution in [0.3, 0.4) is 0 Å². The number of hydrogen-bond donors (Lipinski definition) is 1. The van der Waals surface area contributed by atoms with Crippen molar-refractivity contribution in [2.45, 2.75) is 57.2 Å². The van der Waals surface area contributed by atoms with E-state index in [4.69, 9.17) is 9.47 Å². The number of ether oxygens (including phenoxy) is 2. The molecule has 2 aliphatic heterocycles. The van der Waals surface area contributed by atoms with E-state index in [-0.39, 0.29) is 36.2 Å². The molecule has 0 aromatic carbocycles. The van der Waals surface area contributed by atoms with Crippen LogP contribution in [0.1, 0.15) is 44.9 Å². The zero-order valence-corrected chi connectivity index (χ0v) is 17.2. The van der Waals surface area contributed by atoms with Crippen molar-refractivity contribution in [3.63, 3.8) is 0 Å². The highest BCUT2D eigenvalue weighted by molar-refractivity contribution is 14.0. The molecule has 2 saturated heterocycles. The standard InChI is InChI=1S/C18H31N3O2.HI/c1-19-17(20-13-18(7-3-8-18)14-5-6-14)21-9-11-23-16(12-21)15-4-2-10-22-15;/h14-16H,2-13H2,1H3,(H,19,20);1H. The maximum absolute atomic E-state index is 5.96. The molecule has 4 fully saturated rings. The SMILES string of the molecule is CN=C(NCC1(C2CC2)CCC1)N1CCOC(C2CCCO2)C1.I. The summed E-state index contributed by atoms with van der Waals surface area (Å²) in [6.07, 6.45) is 9.89. The van der Waals surface area contributed by atoms with Crippen LogP contribution in [0.4, 0.5) is 0 Å². The Balaban J connectivity index is 0.00000169. The molecule has 0 radical (unpaired) electrons. The van der Waals surface area contributed by atoms with Crippen molar-refractivity contribution < 1.29 is 9.47 Å². The van der Waals surface area contributed by atoms with E-state index in [1.54, 1.807) is 0 Å². The van der Waals surface area contributed by atoms with E-state index in [1.807, 2.05) is 7.05 Å². The van der Waals surface area contributed by atoms with Gasteiger partial charge in [-0.2, -0.15) is 0 Å². The van der Waals surface area contributed by atoms with Crippen LogP contribution < -0.4 is 5.32 Å². The van der Waals surface area contributed by atoms with Crippen molar-refractivity contribution in [1.82, 2.24) is 10.2 Å². The first-order valence-electron chi connectivity index (χ1n) is 9.49. The van der Waals surface area contributed by atoms with Crippen LogP contribution >= 0.6 is 24.0 Å². The number of nitrogens with zero attached hydrogens (tertiary/aromatic N) is 2. The Morgan fingerprint density at radius 1 is 1.12 bits per heavy atom. The van der Waals surface area contributed by atoms with E-state index in [0.717, 1.165) is 51.1 Å². The molecule has 138 valence electrons. The van der Waals surface area contributed by atoms with Gasteiger partial charge < -0.3 is 19.7 Å². The average Bonchev–Trinajstić information content (AvgIpc) is 3.24. The first kappa shape index (κ1) is 18.7. The maximum atomic E-state index is 5.96. The van der Waals surface area contributed by atoms with Gasteiger partial charge in [0.15, 0.2) is 5.96 Å². The number of aliphatic imine (C=N–C) groups is 1. The quantitative estimate of drug-likeness (QED) is 0.407. The predicted molar refractivity (Wildman–Crippen MR) is 106 cm³/mol. The van der Waals surface area contributed by atoms with Crippen molar-refractivity contribution in [3.8, 4) is 0 Å². The minimum absolute atomic E-state index is 0. The van der Waals surface area contributed by atoms with Crippen molar-refractivity contribution in [2.24, 2.45) is 16.3 Å². The molecule has 0 aromatic heterocycles. The van der Waals surface area contributed by atoms with Gasteiger partial charge in [0, 0.05) is 33.3 Å². The Morgan fingerprint density at radius 3 is 2.50 bits per heavy atom. The predicted octanol–water partition coefficient (Wildman–Crippen LogP) is 2.64. The number of rotatable bonds is 4. The molecule has 24 heavy (non-hydrogen) atoms. The lowest BCUT2D eigenvalue weighted by Gasteiger charge is -2.44. The van der Waals surface area contributed by atoms with Gasteiger partial charge in [0.2, 0.25) is 0 Å². The summed E-state index contributed by atoms with van der Waals surface area (Å²) < 4.78 is 11.8. The number of nitrogens with one attached hydrogen (secondary N) is 1. The Morgan fingerprint density at radius 2 is 1.92 bits per heavy atom. The first-order valence-corrected chi connectivity index (χ1v) is 9.49. The van der Waals surface area contributed by atoms with Crippen LogP contribution in [0.25, 0.3) is 0 Å². The van der Waals surface area contributed by atoms with Crippen LogP contribution in [0, 0.1) is 11.3 Å². The fourth-order valence-electron chi connectivity index (χ4n) is 4.63. The van der Waals surface area contributed by atoms with Crippen LogP contribution in [0.2, 0.25) is 0 Å². The lowest BCUT2D eigenvalue weighted by molar-refractivity contribution is -0.0818. The second kappa shape index (κ2) is 8.08. The second-order valence-corrected chi connectivity index (χ2v) is 7.80. The van der Waals surface area contributed by atoms with E-state index in [2.05, 4.69) is 15.2 Å². The number of morpholine rings is 1. The zero-order valence-electron chi connectivity index (χ0n) is 14.8. The molecule has 5 nitrogen and oxygen atoms in total. The maximum Gasteiger partial charge on any atom is 0.193 e. The summed E-state index contributed by atoms with van der Waals surface area (Å²) >= 11 is 0. The van der Waals surface area contributed by atoms with Gasteiger partial charge in [-0.1, -0.05) is 6.42 Å². The Labute approximate surface area is 162 Å². The van der Waals surface area contributed by atoms with E-state index in [1.165, 1.54) is 38.5 Å². The molecule has 2 aliphatic carbocycles.